The summed E-state index contributed by atoms with van der Waals surface area (Å²) in [6.07, 6.45) is -14.9. The van der Waals surface area contributed by atoms with Crippen molar-refractivity contribution in [2.75, 3.05) is 13.2 Å². The Bertz CT molecular complexity index is 378. The molecule has 0 aliphatic carbocycles. The Kier molecular flexibility index (Phi) is 6.27. The fourth-order valence-electron chi connectivity index (χ4n) is 2.44. The highest BCUT2D eigenvalue weighted by atomic mass is 16.7. The van der Waals surface area contributed by atoms with E-state index in [9.17, 15) is 35.7 Å². The molecule has 11 nitrogen and oxygen atoms in total. The maximum Gasteiger partial charge on any atom is 0.187 e. The zero-order valence-corrected chi connectivity index (χ0v) is 11.9. The highest BCUT2D eigenvalue weighted by molar-refractivity contribution is 5.02. The van der Waals surface area contributed by atoms with Crippen LogP contribution in [0.3, 0.4) is 0 Å². The molecule has 0 amide bonds. The zero-order chi connectivity index (χ0) is 17.3. The molecule has 0 spiro atoms. The fourth-order valence-corrected chi connectivity index (χ4v) is 2.44. The number of hydrogen-bond acceptors (Lipinski definition) is 11. The third kappa shape index (κ3) is 3.65. The van der Waals surface area contributed by atoms with Crippen molar-refractivity contribution < 1.29 is 55.1 Å². The van der Waals surface area contributed by atoms with Gasteiger partial charge in [-0.25, -0.2) is 0 Å². The van der Waals surface area contributed by atoms with Gasteiger partial charge in [-0.15, -0.1) is 0 Å². The average Bonchev–Trinajstić information content (AvgIpc) is 2.55. The number of rotatable bonds is 4. The van der Waals surface area contributed by atoms with E-state index in [2.05, 4.69) is 0 Å². The van der Waals surface area contributed by atoms with Gasteiger partial charge in [-0.05, 0) is 0 Å². The van der Waals surface area contributed by atoms with Gasteiger partial charge in [0, 0.05) is 0 Å². The molecule has 2 saturated heterocycles. The fraction of sp³-hybridized carbons (Fsp3) is 0.917. The molecular formula is C12H21O11. The molecule has 0 bridgehead atoms. The second-order valence-electron chi connectivity index (χ2n) is 5.37. The molecule has 8 N–H and O–H groups in total. The smallest absolute Gasteiger partial charge is 0.187 e. The van der Waals surface area contributed by atoms with Crippen LogP contribution in [0.25, 0.3) is 0 Å². The number of hydrogen-bond donors (Lipinski definition) is 8. The highest BCUT2D eigenvalue weighted by Crippen LogP contribution is 2.31. The van der Waals surface area contributed by atoms with Crippen LogP contribution in [0.15, 0.2) is 0 Å². The number of aliphatic hydroxyl groups excluding tert-OH is 8. The summed E-state index contributed by atoms with van der Waals surface area (Å²) in [5.41, 5.74) is 0. The Labute approximate surface area is 130 Å². The topological polar surface area (TPSA) is 190 Å². The normalized spacial score (nSPS) is 49.3. The van der Waals surface area contributed by atoms with Crippen LogP contribution in [-0.4, -0.2) is 109 Å². The lowest BCUT2D eigenvalue weighted by Crippen LogP contribution is -2.62. The minimum absolute atomic E-state index is 0.327. The molecule has 2 aliphatic heterocycles. The van der Waals surface area contributed by atoms with Crippen molar-refractivity contribution in [1.29, 1.82) is 0 Å². The first-order chi connectivity index (χ1) is 10.8. The van der Waals surface area contributed by atoms with Crippen LogP contribution in [0.2, 0.25) is 0 Å². The average molecular weight is 341 g/mol. The Morgan fingerprint density at radius 3 is 2.04 bits per heavy atom. The lowest BCUT2D eigenvalue weighted by molar-refractivity contribution is -0.339. The van der Waals surface area contributed by atoms with E-state index in [4.69, 9.17) is 19.3 Å². The molecule has 11 heteroatoms. The SMILES string of the molecule is OC[C]1O[C@@H](O)[C@H](O)[C@@H](O)[C@@H]1O[C@@H]1O[C@H](CO)[C@@H](O)[C@H](O)[C@H]1O. The molecule has 2 fully saturated rings. The molecule has 0 saturated carbocycles. The molecule has 0 unspecified atom stereocenters. The highest BCUT2D eigenvalue weighted by Gasteiger charge is 2.50. The van der Waals surface area contributed by atoms with Crippen LogP contribution in [0.5, 0.6) is 0 Å². The van der Waals surface area contributed by atoms with Crippen molar-refractivity contribution in [2.24, 2.45) is 0 Å². The summed E-state index contributed by atoms with van der Waals surface area (Å²) in [6, 6.07) is 0. The van der Waals surface area contributed by atoms with Crippen LogP contribution in [0.4, 0.5) is 0 Å². The summed E-state index contributed by atoms with van der Waals surface area (Å²) in [5, 5.41) is 76.4. The maximum absolute atomic E-state index is 9.92. The van der Waals surface area contributed by atoms with Crippen LogP contribution < -0.4 is 0 Å². The van der Waals surface area contributed by atoms with Crippen molar-refractivity contribution >= 4 is 0 Å². The molecule has 23 heavy (non-hydrogen) atoms. The molecular weight excluding hydrogens is 320 g/mol. The van der Waals surface area contributed by atoms with E-state index in [-0.39, 0.29) is 6.10 Å². The first-order valence-corrected chi connectivity index (χ1v) is 6.95. The second kappa shape index (κ2) is 7.63. The van der Waals surface area contributed by atoms with Crippen molar-refractivity contribution in [2.45, 2.75) is 55.3 Å². The summed E-state index contributed by atoms with van der Waals surface area (Å²) in [4.78, 5) is 0. The minimum atomic E-state index is -1.78. The Morgan fingerprint density at radius 2 is 1.48 bits per heavy atom. The lowest BCUT2D eigenvalue weighted by atomic mass is 9.97. The van der Waals surface area contributed by atoms with Gasteiger partial charge in [-0.1, -0.05) is 0 Å². The third-order valence-corrected chi connectivity index (χ3v) is 3.83. The predicted octanol–water partition coefficient (Wildman–Crippen LogP) is -5.23. The van der Waals surface area contributed by atoms with Gasteiger partial charge in [0.15, 0.2) is 18.7 Å². The van der Waals surface area contributed by atoms with Crippen LogP contribution in [0.1, 0.15) is 0 Å². The maximum atomic E-state index is 9.92. The van der Waals surface area contributed by atoms with E-state index < -0.39 is 68.5 Å². The summed E-state index contributed by atoms with van der Waals surface area (Å²) >= 11 is 0. The van der Waals surface area contributed by atoms with E-state index in [1.165, 1.54) is 0 Å². The van der Waals surface area contributed by atoms with Crippen molar-refractivity contribution in [3.05, 3.63) is 6.10 Å². The van der Waals surface area contributed by atoms with Gasteiger partial charge in [0.1, 0.15) is 42.7 Å². The van der Waals surface area contributed by atoms with Crippen molar-refractivity contribution in [3.8, 4) is 0 Å². The van der Waals surface area contributed by atoms with Gasteiger partial charge in [0.05, 0.1) is 13.2 Å². The standard InChI is InChI=1S/C12H21O11/c13-1-3-5(15)6(16)9(19)12(22-3)23-10-4(2-14)21-11(20)8(18)7(10)17/h3,5-20H,1-2H2/t3-,5-,6+,7-,8-,9-,10-,11-,12+/m1/s1. The lowest BCUT2D eigenvalue weighted by Gasteiger charge is -2.44. The first kappa shape index (κ1) is 18.9. The van der Waals surface area contributed by atoms with E-state index in [0.29, 0.717) is 0 Å². The Balaban J connectivity index is 2.11. The third-order valence-electron chi connectivity index (χ3n) is 3.83. The van der Waals surface area contributed by atoms with Crippen molar-refractivity contribution in [3.63, 3.8) is 0 Å². The summed E-state index contributed by atoms with van der Waals surface area (Å²) < 4.78 is 15.1. The van der Waals surface area contributed by atoms with Crippen LogP contribution in [-0.2, 0) is 14.2 Å². The van der Waals surface area contributed by atoms with Gasteiger partial charge in [0.2, 0.25) is 0 Å². The van der Waals surface area contributed by atoms with E-state index in [1.54, 1.807) is 0 Å². The molecule has 1 radical (unpaired) electrons. The summed E-state index contributed by atoms with van der Waals surface area (Å²) in [5.74, 6) is 0. The largest absolute Gasteiger partial charge is 0.394 e. The molecule has 9 atom stereocenters. The first-order valence-electron chi connectivity index (χ1n) is 6.95. The molecule has 2 rings (SSSR count). The predicted molar refractivity (Wildman–Crippen MR) is 68.1 cm³/mol. The molecule has 2 aliphatic rings. The summed E-state index contributed by atoms with van der Waals surface area (Å²) in [6.45, 7) is -1.44. The van der Waals surface area contributed by atoms with E-state index in [1.807, 2.05) is 0 Å². The number of ether oxygens (including phenoxy) is 3. The van der Waals surface area contributed by atoms with Gasteiger partial charge in [-0.3, -0.25) is 0 Å². The molecule has 2 heterocycles. The Hall–Kier alpha value is -0.440. The molecule has 0 aromatic carbocycles. The van der Waals surface area contributed by atoms with Crippen LogP contribution >= 0.6 is 0 Å². The van der Waals surface area contributed by atoms with Gasteiger partial charge in [-0.2, -0.15) is 0 Å². The molecule has 135 valence electrons. The van der Waals surface area contributed by atoms with Gasteiger partial charge < -0.3 is 55.1 Å². The second-order valence-corrected chi connectivity index (χ2v) is 5.37. The minimum Gasteiger partial charge on any atom is -0.394 e. The molecule has 0 aromatic rings. The van der Waals surface area contributed by atoms with E-state index in [0.717, 1.165) is 0 Å². The van der Waals surface area contributed by atoms with Crippen LogP contribution in [0, 0.1) is 6.10 Å². The van der Waals surface area contributed by atoms with Gasteiger partial charge >= 0.3 is 0 Å². The van der Waals surface area contributed by atoms with Crippen molar-refractivity contribution in [1.82, 2.24) is 0 Å². The zero-order valence-electron chi connectivity index (χ0n) is 11.9. The summed E-state index contributed by atoms with van der Waals surface area (Å²) in [7, 11) is 0. The van der Waals surface area contributed by atoms with Gasteiger partial charge in [0.25, 0.3) is 0 Å². The van der Waals surface area contributed by atoms with E-state index >= 15 is 0 Å². The molecule has 0 aromatic heterocycles. The quantitative estimate of drug-likeness (QED) is 0.244. The number of aliphatic hydroxyl groups is 8. The monoisotopic (exact) mass is 341 g/mol. The Morgan fingerprint density at radius 1 is 0.826 bits per heavy atom.